The van der Waals surface area contributed by atoms with Crippen molar-refractivity contribution in [2.24, 2.45) is 0 Å². The van der Waals surface area contributed by atoms with E-state index in [4.69, 9.17) is 10.5 Å². The number of hydrogen-bond acceptors (Lipinski definition) is 3. The Kier molecular flexibility index (Phi) is 3.51. The molecule has 0 aromatic carbocycles. The summed E-state index contributed by atoms with van der Waals surface area (Å²) in [7, 11) is 0. The van der Waals surface area contributed by atoms with E-state index >= 15 is 0 Å². The van der Waals surface area contributed by atoms with Gasteiger partial charge in [0.25, 0.3) is 0 Å². The molecule has 1 aromatic rings. The van der Waals surface area contributed by atoms with Crippen LogP contribution in [0.2, 0.25) is 0 Å². The fourth-order valence-corrected chi connectivity index (χ4v) is 2.15. The summed E-state index contributed by atoms with van der Waals surface area (Å²) >= 11 is 3.29. The van der Waals surface area contributed by atoms with Gasteiger partial charge in [0, 0.05) is 25.1 Å². The molecule has 6 heteroatoms. The maximum atomic E-state index is 13.0. The lowest BCUT2D eigenvalue weighted by Gasteiger charge is -2.28. The first kappa shape index (κ1) is 12.5. The van der Waals surface area contributed by atoms with Gasteiger partial charge in [0.15, 0.2) is 0 Å². The van der Waals surface area contributed by atoms with Crippen molar-refractivity contribution in [3.05, 3.63) is 16.7 Å². The van der Waals surface area contributed by atoms with Gasteiger partial charge in [0.2, 0.25) is 5.92 Å². The summed E-state index contributed by atoms with van der Waals surface area (Å²) in [6.45, 7) is 0. The molecule has 0 radical (unpaired) electrons. The van der Waals surface area contributed by atoms with E-state index in [0.717, 1.165) is 0 Å². The lowest BCUT2D eigenvalue weighted by Crippen LogP contribution is -2.30. The van der Waals surface area contributed by atoms with Crippen LogP contribution in [-0.2, 0) is 0 Å². The third-order valence-electron chi connectivity index (χ3n) is 2.80. The molecule has 2 N–H and O–H groups in total. The van der Waals surface area contributed by atoms with Crippen LogP contribution in [0, 0.1) is 0 Å². The van der Waals surface area contributed by atoms with E-state index in [1.165, 1.54) is 0 Å². The van der Waals surface area contributed by atoms with Crippen molar-refractivity contribution in [2.75, 3.05) is 5.73 Å². The highest BCUT2D eigenvalue weighted by atomic mass is 79.9. The van der Waals surface area contributed by atoms with Gasteiger partial charge in [-0.25, -0.2) is 13.8 Å². The van der Waals surface area contributed by atoms with Crippen molar-refractivity contribution >= 4 is 21.7 Å². The molecule has 0 amide bonds. The second-order valence-corrected chi connectivity index (χ2v) is 5.07. The number of nitrogen functional groups attached to an aromatic ring is 1. The Morgan fingerprint density at radius 2 is 2.06 bits per heavy atom. The molecule has 1 aliphatic rings. The molecule has 2 rings (SSSR count). The molecule has 0 bridgehead atoms. The molecule has 0 spiro atoms. The summed E-state index contributed by atoms with van der Waals surface area (Å²) in [5.74, 6) is -1.62. The van der Waals surface area contributed by atoms with Crippen LogP contribution in [0.1, 0.15) is 25.7 Å². The normalized spacial score (nSPS) is 20.2. The monoisotopic (exact) mass is 306 g/mol. The van der Waals surface area contributed by atoms with E-state index in [2.05, 4.69) is 20.9 Å². The summed E-state index contributed by atoms with van der Waals surface area (Å²) in [5, 5.41) is 0. The minimum atomic E-state index is -2.53. The fraction of sp³-hybridized carbons (Fsp3) is 0.545. The summed E-state index contributed by atoms with van der Waals surface area (Å²) < 4.78 is 32.3. The average molecular weight is 307 g/mol. The molecular weight excluding hydrogens is 294 g/mol. The van der Waals surface area contributed by atoms with Crippen LogP contribution in [0.3, 0.4) is 0 Å². The third-order valence-corrected chi connectivity index (χ3v) is 3.39. The van der Waals surface area contributed by atoms with Gasteiger partial charge in [-0.3, -0.25) is 0 Å². The van der Waals surface area contributed by atoms with Crippen molar-refractivity contribution in [3.8, 4) is 5.75 Å². The zero-order valence-electron chi connectivity index (χ0n) is 9.13. The second kappa shape index (κ2) is 4.76. The highest BCUT2D eigenvalue weighted by Crippen LogP contribution is 2.36. The molecule has 0 atom stereocenters. The Morgan fingerprint density at radius 1 is 1.41 bits per heavy atom. The van der Waals surface area contributed by atoms with E-state index in [-0.39, 0.29) is 18.9 Å². The van der Waals surface area contributed by atoms with Crippen LogP contribution < -0.4 is 10.5 Å². The molecule has 1 heterocycles. The van der Waals surface area contributed by atoms with Crippen LogP contribution in [0.5, 0.6) is 5.75 Å². The average Bonchev–Trinajstić information content (AvgIpc) is 2.26. The number of halogens is 3. The van der Waals surface area contributed by atoms with Crippen molar-refractivity contribution in [3.63, 3.8) is 0 Å². The highest BCUT2D eigenvalue weighted by Gasteiger charge is 2.35. The zero-order chi connectivity index (χ0) is 12.5. The van der Waals surface area contributed by atoms with Gasteiger partial charge in [-0.05, 0) is 28.8 Å². The van der Waals surface area contributed by atoms with Crippen LogP contribution in [0.4, 0.5) is 14.6 Å². The SMILES string of the molecule is Nc1cc(OC2CCC(F)(F)CC2)c(Br)cn1. The molecule has 1 saturated carbocycles. The summed E-state index contributed by atoms with van der Waals surface area (Å²) in [5.41, 5.74) is 5.54. The van der Waals surface area contributed by atoms with Gasteiger partial charge in [0.05, 0.1) is 10.6 Å². The van der Waals surface area contributed by atoms with Crippen molar-refractivity contribution < 1.29 is 13.5 Å². The molecule has 1 aliphatic carbocycles. The van der Waals surface area contributed by atoms with E-state index < -0.39 is 5.92 Å². The Bertz CT molecular complexity index is 404. The Balaban J connectivity index is 2.00. The minimum absolute atomic E-state index is 0.115. The van der Waals surface area contributed by atoms with E-state index in [1.54, 1.807) is 12.3 Å². The second-order valence-electron chi connectivity index (χ2n) is 4.21. The molecule has 1 aromatic heterocycles. The van der Waals surface area contributed by atoms with Gasteiger partial charge in [-0.1, -0.05) is 0 Å². The minimum Gasteiger partial charge on any atom is -0.489 e. The predicted molar refractivity (Wildman–Crippen MR) is 64.2 cm³/mol. The van der Waals surface area contributed by atoms with Crippen LogP contribution in [0.15, 0.2) is 16.7 Å². The first-order chi connectivity index (χ1) is 7.96. The first-order valence-electron chi connectivity index (χ1n) is 5.42. The number of rotatable bonds is 2. The van der Waals surface area contributed by atoms with Gasteiger partial charge in [-0.2, -0.15) is 0 Å². The lowest BCUT2D eigenvalue weighted by atomic mass is 9.94. The fourth-order valence-electron chi connectivity index (χ4n) is 1.84. The number of hydrogen-bond donors (Lipinski definition) is 1. The maximum Gasteiger partial charge on any atom is 0.248 e. The van der Waals surface area contributed by atoms with Crippen molar-refractivity contribution in [2.45, 2.75) is 37.7 Å². The number of nitrogens with two attached hydrogens (primary N) is 1. The predicted octanol–water partition coefficient (Wildman–Crippen LogP) is 3.38. The van der Waals surface area contributed by atoms with Gasteiger partial charge in [-0.15, -0.1) is 0 Å². The van der Waals surface area contributed by atoms with Crippen molar-refractivity contribution in [1.82, 2.24) is 4.98 Å². The topological polar surface area (TPSA) is 48.1 Å². The number of ether oxygens (including phenoxy) is 1. The molecule has 3 nitrogen and oxygen atoms in total. The van der Waals surface area contributed by atoms with Crippen LogP contribution in [-0.4, -0.2) is 17.0 Å². The van der Waals surface area contributed by atoms with E-state index in [1.807, 2.05) is 0 Å². The third kappa shape index (κ3) is 3.28. The molecule has 0 aliphatic heterocycles. The van der Waals surface area contributed by atoms with Gasteiger partial charge in [0.1, 0.15) is 11.6 Å². The number of alkyl halides is 2. The molecule has 94 valence electrons. The molecule has 0 unspecified atom stereocenters. The quantitative estimate of drug-likeness (QED) is 0.911. The molecular formula is C11H13BrF2N2O. The highest BCUT2D eigenvalue weighted by molar-refractivity contribution is 9.10. The van der Waals surface area contributed by atoms with Gasteiger partial charge >= 0.3 is 0 Å². The molecule has 0 saturated heterocycles. The molecule has 17 heavy (non-hydrogen) atoms. The largest absolute Gasteiger partial charge is 0.489 e. The molecule has 1 fully saturated rings. The Hall–Kier alpha value is -0.910. The summed E-state index contributed by atoms with van der Waals surface area (Å²) in [6, 6.07) is 1.59. The van der Waals surface area contributed by atoms with Crippen LogP contribution in [0.25, 0.3) is 0 Å². The number of aromatic nitrogens is 1. The smallest absolute Gasteiger partial charge is 0.248 e. The number of anilines is 1. The Morgan fingerprint density at radius 3 is 2.71 bits per heavy atom. The van der Waals surface area contributed by atoms with Gasteiger partial charge < -0.3 is 10.5 Å². The van der Waals surface area contributed by atoms with Crippen molar-refractivity contribution in [1.29, 1.82) is 0 Å². The number of pyridine rings is 1. The summed E-state index contributed by atoms with van der Waals surface area (Å²) in [6.07, 6.45) is 1.87. The zero-order valence-corrected chi connectivity index (χ0v) is 10.7. The van der Waals surface area contributed by atoms with E-state index in [9.17, 15) is 8.78 Å². The number of nitrogens with zero attached hydrogens (tertiary/aromatic N) is 1. The maximum absolute atomic E-state index is 13.0. The standard InChI is InChI=1S/C11H13BrF2N2O/c12-8-6-16-10(15)5-9(8)17-7-1-3-11(13,14)4-2-7/h5-7H,1-4H2,(H2,15,16). The lowest BCUT2D eigenvalue weighted by molar-refractivity contribution is -0.0583. The first-order valence-corrected chi connectivity index (χ1v) is 6.21. The van der Waals surface area contributed by atoms with E-state index in [0.29, 0.717) is 28.9 Å². The summed E-state index contributed by atoms with van der Waals surface area (Å²) in [4.78, 5) is 3.89. The van der Waals surface area contributed by atoms with Crippen LogP contribution >= 0.6 is 15.9 Å². The Labute approximate surface area is 106 Å².